The molecule has 0 saturated heterocycles. The van der Waals surface area contributed by atoms with Crippen LogP contribution < -0.4 is 14.2 Å². The summed E-state index contributed by atoms with van der Waals surface area (Å²) in [5, 5.41) is 0.0924. The van der Waals surface area contributed by atoms with Gasteiger partial charge in [0.2, 0.25) is 10.0 Å². The van der Waals surface area contributed by atoms with Crippen molar-refractivity contribution in [2.24, 2.45) is 0 Å². The number of methoxy groups -OCH3 is 2. The van der Waals surface area contributed by atoms with Gasteiger partial charge in [0.15, 0.2) is 11.5 Å². The molecule has 0 bridgehead atoms. The average Bonchev–Trinajstić information content (AvgIpc) is 2.59. The molecular formula is C16H16Cl3NO4S. The van der Waals surface area contributed by atoms with E-state index in [1.165, 1.54) is 19.2 Å². The highest BCUT2D eigenvalue weighted by molar-refractivity contribution is 7.89. The van der Waals surface area contributed by atoms with Crippen LogP contribution in [0.25, 0.3) is 0 Å². The Hall–Kier alpha value is -1.18. The molecule has 2 rings (SSSR count). The van der Waals surface area contributed by atoms with Crippen LogP contribution in [0.3, 0.4) is 0 Å². The molecule has 0 saturated carbocycles. The average molecular weight is 425 g/mol. The first-order chi connectivity index (χ1) is 11.8. The summed E-state index contributed by atoms with van der Waals surface area (Å²) in [5.74, 6) is 1.19. The molecule has 0 spiro atoms. The minimum atomic E-state index is -3.81. The Labute approximate surface area is 161 Å². The van der Waals surface area contributed by atoms with Crippen molar-refractivity contribution in [2.75, 3.05) is 20.8 Å². The molecule has 0 fully saturated rings. The first kappa shape index (κ1) is 20.1. The van der Waals surface area contributed by atoms with Crippen molar-refractivity contribution in [2.45, 2.75) is 11.3 Å². The van der Waals surface area contributed by atoms with Crippen molar-refractivity contribution in [3.05, 3.63) is 51.0 Å². The van der Waals surface area contributed by atoms with Gasteiger partial charge in [0, 0.05) is 6.54 Å². The van der Waals surface area contributed by atoms with Gasteiger partial charge in [0.05, 0.1) is 29.3 Å². The molecule has 25 heavy (non-hydrogen) atoms. The van der Waals surface area contributed by atoms with Crippen LogP contribution >= 0.6 is 34.8 Å². The Morgan fingerprint density at radius 3 is 2.28 bits per heavy atom. The second-order valence-corrected chi connectivity index (χ2v) is 7.91. The monoisotopic (exact) mass is 423 g/mol. The molecule has 0 radical (unpaired) electrons. The van der Waals surface area contributed by atoms with E-state index in [-0.39, 0.29) is 26.5 Å². The summed E-state index contributed by atoms with van der Waals surface area (Å²) in [6, 6.07) is 8.09. The summed E-state index contributed by atoms with van der Waals surface area (Å²) in [6.07, 6.45) is 0.457. The quantitative estimate of drug-likeness (QED) is 0.677. The van der Waals surface area contributed by atoms with Crippen LogP contribution in [0.5, 0.6) is 11.5 Å². The van der Waals surface area contributed by atoms with Crippen LogP contribution in [0.4, 0.5) is 0 Å². The minimum Gasteiger partial charge on any atom is -0.493 e. The van der Waals surface area contributed by atoms with E-state index in [4.69, 9.17) is 44.3 Å². The zero-order valence-corrected chi connectivity index (χ0v) is 16.6. The summed E-state index contributed by atoms with van der Waals surface area (Å²) < 4.78 is 37.7. The molecule has 1 N–H and O–H groups in total. The summed E-state index contributed by atoms with van der Waals surface area (Å²) in [4.78, 5) is -0.115. The standard InChI is InChI=1S/C16H16Cl3NO4S/c1-23-12-5-3-10(9-13(12)24-2)7-8-20-25(21,22)14-6-4-11(17)15(18)16(14)19/h3-6,9,20H,7-8H2,1-2H3. The number of ether oxygens (including phenoxy) is 2. The molecule has 0 atom stereocenters. The van der Waals surface area contributed by atoms with Gasteiger partial charge in [-0.2, -0.15) is 0 Å². The molecule has 0 unspecified atom stereocenters. The number of benzene rings is 2. The number of nitrogens with one attached hydrogen (secondary N) is 1. The topological polar surface area (TPSA) is 64.6 Å². The summed E-state index contributed by atoms with van der Waals surface area (Å²) >= 11 is 17.7. The third-order valence-corrected chi connectivity index (χ3v) is 6.35. The number of hydrogen-bond acceptors (Lipinski definition) is 4. The van der Waals surface area contributed by atoms with Crippen LogP contribution in [-0.2, 0) is 16.4 Å². The molecule has 136 valence electrons. The number of sulfonamides is 1. The molecule has 0 aliphatic heterocycles. The fourth-order valence-electron chi connectivity index (χ4n) is 2.16. The predicted molar refractivity (Wildman–Crippen MR) is 99.9 cm³/mol. The molecule has 2 aromatic rings. The van der Waals surface area contributed by atoms with Crippen LogP contribution in [0.15, 0.2) is 35.2 Å². The van der Waals surface area contributed by atoms with Gasteiger partial charge in [-0.15, -0.1) is 0 Å². The lowest BCUT2D eigenvalue weighted by Crippen LogP contribution is -2.26. The molecule has 0 aliphatic carbocycles. The first-order valence-electron chi connectivity index (χ1n) is 7.14. The molecular weight excluding hydrogens is 409 g/mol. The molecule has 0 heterocycles. The number of hydrogen-bond donors (Lipinski definition) is 1. The second kappa shape index (κ2) is 8.47. The highest BCUT2D eigenvalue weighted by atomic mass is 35.5. The Balaban J connectivity index is 2.10. The van der Waals surface area contributed by atoms with Crippen molar-refractivity contribution in [3.63, 3.8) is 0 Å². The van der Waals surface area contributed by atoms with Crippen molar-refractivity contribution >= 4 is 44.8 Å². The lowest BCUT2D eigenvalue weighted by Gasteiger charge is -2.11. The van der Waals surface area contributed by atoms with Gasteiger partial charge in [-0.05, 0) is 36.2 Å². The maximum absolute atomic E-state index is 12.4. The zero-order chi connectivity index (χ0) is 18.6. The summed E-state index contributed by atoms with van der Waals surface area (Å²) in [5.41, 5.74) is 0.889. The van der Waals surface area contributed by atoms with Crippen LogP contribution in [0.2, 0.25) is 15.1 Å². The lowest BCUT2D eigenvalue weighted by atomic mass is 10.1. The summed E-state index contributed by atoms with van der Waals surface area (Å²) in [7, 11) is -0.723. The molecule has 2 aromatic carbocycles. The Morgan fingerprint density at radius 2 is 1.64 bits per heavy atom. The molecule has 5 nitrogen and oxygen atoms in total. The molecule has 0 aromatic heterocycles. The SMILES string of the molecule is COc1ccc(CCNS(=O)(=O)c2ccc(Cl)c(Cl)c2Cl)cc1OC. The van der Waals surface area contributed by atoms with E-state index in [1.54, 1.807) is 19.2 Å². The Morgan fingerprint density at radius 1 is 0.960 bits per heavy atom. The van der Waals surface area contributed by atoms with E-state index in [0.717, 1.165) is 5.56 Å². The van der Waals surface area contributed by atoms with Gasteiger partial charge in [-0.25, -0.2) is 13.1 Å². The van der Waals surface area contributed by atoms with Crippen molar-refractivity contribution in [1.82, 2.24) is 4.72 Å². The van der Waals surface area contributed by atoms with E-state index in [9.17, 15) is 8.42 Å². The van der Waals surface area contributed by atoms with Crippen molar-refractivity contribution in [1.29, 1.82) is 0 Å². The largest absolute Gasteiger partial charge is 0.493 e. The maximum Gasteiger partial charge on any atom is 0.242 e. The minimum absolute atomic E-state index is 0.00565. The van der Waals surface area contributed by atoms with Gasteiger partial charge in [-0.1, -0.05) is 40.9 Å². The van der Waals surface area contributed by atoms with Crippen LogP contribution in [-0.4, -0.2) is 29.2 Å². The smallest absolute Gasteiger partial charge is 0.242 e. The third kappa shape index (κ3) is 4.71. The fraction of sp³-hybridized carbons (Fsp3) is 0.250. The number of halogens is 3. The van der Waals surface area contributed by atoms with Crippen molar-refractivity contribution in [3.8, 4) is 11.5 Å². The first-order valence-corrected chi connectivity index (χ1v) is 9.76. The molecule has 0 amide bonds. The highest BCUT2D eigenvalue weighted by Gasteiger charge is 2.20. The van der Waals surface area contributed by atoms with E-state index in [2.05, 4.69) is 4.72 Å². The Bertz CT molecular complexity index is 872. The van der Waals surface area contributed by atoms with Gasteiger partial charge >= 0.3 is 0 Å². The molecule has 0 aliphatic rings. The van der Waals surface area contributed by atoms with Gasteiger partial charge < -0.3 is 9.47 Å². The van der Waals surface area contributed by atoms with Gasteiger partial charge in [0.25, 0.3) is 0 Å². The van der Waals surface area contributed by atoms with Crippen molar-refractivity contribution < 1.29 is 17.9 Å². The second-order valence-electron chi connectivity index (χ2n) is 5.01. The predicted octanol–water partition coefficient (Wildman–Crippen LogP) is 4.19. The van der Waals surface area contributed by atoms with Gasteiger partial charge in [0.1, 0.15) is 4.90 Å². The lowest BCUT2D eigenvalue weighted by molar-refractivity contribution is 0.354. The molecule has 9 heteroatoms. The maximum atomic E-state index is 12.4. The third-order valence-electron chi connectivity index (χ3n) is 3.44. The highest BCUT2D eigenvalue weighted by Crippen LogP contribution is 2.34. The van der Waals surface area contributed by atoms with E-state index in [1.807, 2.05) is 6.07 Å². The van der Waals surface area contributed by atoms with Gasteiger partial charge in [-0.3, -0.25) is 0 Å². The Kier molecular flexibility index (Phi) is 6.82. The van der Waals surface area contributed by atoms with E-state index < -0.39 is 10.0 Å². The van der Waals surface area contributed by atoms with E-state index in [0.29, 0.717) is 17.9 Å². The zero-order valence-electron chi connectivity index (χ0n) is 13.5. The number of rotatable bonds is 7. The fourth-order valence-corrected chi connectivity index (χ4v) is 4.17. The van der Waals surface area contributed by atoms with E-state index >= 15 is 0 Å². The van der Waals surface area contributed by atoms with Crippen LogP contribution in [0, 0.1) is 0 Å². The normalized spacial score (nSPS) is 11.4. The summed E-state index contributed by atoms with van der Waals surface area (Å²) in [6.45, 7) is 0.175. The van der Waals surface area contributed by atoms with Crippen LogP contribution in [0.1, 0.15) is 5.56 Å².